The number of hydrogen-bond acceptors (Lipinski definition) is 1. The topological polar surface area (TPSA) is 12.0 Å². The second-order valence-electron chi connectivity index (χ2n) is 4.63. The van der Waals surface area contributed by atoms with E-state index in [4.69, 9.17) is 6.42 Å². The number of nitrogens with one attached hydrogen (secondary N) is 1. The first-order chi connectivity index (χ1) is 8.69. The van der Waals surface area contributed by atoms with Crippen molar-refractivity contribution in [3.8, 4) is 12.3 Å². The molecule has 0 bridgehead atoms. The van der Waals surface area contributed by atoms with Crippen molar-refractivity contribution in [2.75, 3.05) is 5.32 Å². The highest BCUT2D eigenvalue weighted by molar-refractivity contribution is 5.61. The van der Waals surface area contributed by atoms with E-state index in [0.29, 0.717) is 5.92 Å². The summed E-state index contributed by atoms with van der Waals surface area (Å²) in [5.41, 5.74) is 4.33. The van der Waals surface area contributed by atoms with Gasteiger partial charge in [0.15, 0.2) is 0 Å². The van der Waals surface area contributed by atoms with Crippen LogP contribution in [0.5, 0.6) is 0 Å². The van der Waals surface area contributed by atoms with Gasteiger partial charge in [0.05, 0.1) is 0 Å². The molecule has 0 aromatic heterocycles. The normalized spacial score (nSPS) is 10.1. The first-order valence-electron chi connectivity index (χ1n) is 6.12. The van der Waals surface area contributed by atoms with Gasteiger partial charge in [0.2, 0.25) is 0 Å². The third kappa shape index (κ3) is 2.93. The number of terminal acetylenes is 1. The molecule has 90 valence electrons. The summed E-state index contributed by atoms with van der Waals surface area (Å²) in [6.45, 7) is 4.39. The Hall–Kier alpha value is -2.20. The van der Waals surface area contributed by atoms with Gasteiger partial charge in [0.1, 0.15) is 0 Å². The van der Waals surface area contributed by atoms with Gasteiger partial charge >= 0.3 is 0 Å². The highest BCUT2D eigenvalue weighted by Crippen LogP contribution is 2.21. The Bertz CT molecular complexity index is 559. The van der Waals surface area contributed by atoms with E-state index in [1.165, 1.54) is 5.56 Å². The van der Waals surface area contributed by atoms with Gasteiger partial charge in [-0.2, -0.15) is 0 Å². The molecule has 1 heteroatoms. The number of hydrogen-bond donors (Lipinski definition) is 1. The monoisotopic (exact) mass is 235 g/mol. The van der Waals surface area contributed by atoms with Crippen LogP contribution in [-0.2, 0) is 0 Å². The molecule has 0 fully saturated rings. The van der Waals surface area contributed by atoms with Crippen LogP contribution in [0.3, 0.4) is 0 Å². The molecular formula is C17H17N. The van der Waals surface area contributed by atoms with E-state index in [1.807, 2.05) is 24.3 Å². The van der Waals surface area contributed by atoms with Gasteiger partial charge < -0.3 is 5.32 Å². The number of benzene rings is 2. The SMILES string of the molecule is C#Cc1cccc(Nc2ccc(C(C)C)cc2)c1. The lowest BCUT2D eigenvalue weighted by Crippen LogP contribution is -1.92. The molecule has 0 aliphatic carbocycles. The van der Waals surface area contributed by atoms with Crippen LogP contribution in [0.4, 0.5) is 11.4 Å². The fraction of sp³-hybridized carbons (Fsp3) is 0.176. The molecule has 2 rings (SSSR count). The van der Waals surface area contributed by atoms with E-state index in [0.717, 1.165) is 16.9 Å². The van der Waals surface area contributed by atoms with Crippen molar-refractivity contribution in [1.29, 1.82) is 0 Å². The van der Waals surface area contributed by atoms with Crippen LogP contribution in [0.2, 0.25) is 0 Å². The lowest BCUT2D eigenvalue weighted by atomic mass is 10.0. The molecule has 18 heavy (non-hydrogen) atoms. The first kappa shape index (κ1) is 12.3. The molecule has 0 amide bonds. The van der Waals surface area contributed by atoms with E-state index in [1.54, 1.807) is 0 Å². The lowest BCUT2D eigenvalue weighted by molar-refractivity contribution is 0.867. The molecule has 2 aromatic rings. The van der Waals surface area contributed by atoms with E-state index >= 15 is 0 Å². The Morgan fingerprint density at radius 3 is 2.33 bits per heavy atom. The molecule has 0 spiro atoms. The van der Waals surface area contributed by atoms with Crippen LogP contribution in [-0.4, -0.2) is 0 Å². The van der Waals surface area contributed by atoms with Crippen LogP contribution in [0.15, 0.2) is 48.5 Å². The van der Waals surface area contributed by atoms with Crippen LogP contribution in [0.1, 0.15) is 30.9 Å². The zero-order valence-corrected chi connectivity index (χ0v) is 10.8. The maximum Gasteiger partial charge on any atom is 0.0396 e. The number of rotatable bonds is 3. The lowest BCUT2D eigenvalue weighted by Gasteiger charge is -2.09. The summed E-state index contributed by atoms with van der Waals surface area (Å²) < 4.78 is 0. The van der Waals surface area contributed by atoms with Gasteiger partial charge in [0, 0.05) is 16.9 Å². The van der Waals surface area contributed by atoms with Crippen molar-refractivity contribution in [2.24, 2.45) is 0 Å². The Kier molecular flexibility index (Phi) is 3.69. The summed E-state index contributed by atoms with van der Waals surface area (Å²) in [5.74, 6) is 3.20. The molecule has 0 atom stereocenters. The van der Waals surface area contributed by atoms with Gasteiger partial charge in [0.25, 0.3) is 0 Å². The van der Waals surface area contributed by atoms with Crippen molar-refractivity contribution < 1.29 is 0 Å². The predicted octanol–water partition coefficient (Wildman–Crippen LogP) is 4.53. The van der Waals surface area contributed by atoms with Crippen molar-refractivity contribution in [3.05, 3.63) is 59.7 Å². The predicted molar refractivity (Wildman–Crippen MR) is 78.2 cm³/mol. The van der Waals surface area contributed by atoms with E-state index in [2.05, 4.69) is 49.4 Å². The molecular weight excluding hydrogens is 218 g/mol. The third-order valence-corrected chi connectivity index (χ3v) is 2.90. The van der Waals surface area contributed by atoms with E-state index < -0.39 is 0 Å². The zero-order chi connectivity index (χ0) is 13.0. The van der Waals surface area contributed by atoms with E-state index in [9.17, 15) is 0 Å². The van der Waals surface area contributed by atoms with Gasteiger partial charge in [-0.05, 0) is 41.8 Å². The molecule has 1 N–H and O–H groups in total. The summed E-state index contributed by atoms with van der Waals surface area (Å²) >= 11 is 0. The van der Waals surface area contributed by atoms with Crippen molar-refractivity contribution in [3.63, 3.8) is 0 Å². The molecule has 1 nitrogen and oxygen atoms in total. The summed E-state index contributed by atoms with van der Waals surface area (Å²) in [7, 11) is 0. The smallest absolute Gasteiger partial charge is 0.0396 e. The van der Waals surface area contributed by atoms with Gasteiger partial charge in [-0.3, -0.25) is 0 Å². The summed E-state index contributed by atoms with van der Waals surface area (Å²) in [6.07, 6.45) is 5.39. The largest absolute Gasteiger partial charge is 0.355 e. The van der Waals surface area contributed by atoms with Crippen molar-refractivity contribution in [1.82, 2.24) is 0 Å². The van der Waals surface area contributed by atoms with Crippen LogP contribution < -0.4 is 5.32 Å². The maximum atomic E-state index is 5.39. The Morgan fingerprint density at radius 2 is 1.72 bits per heavy atom. The fourth-order valence-corrected chi connectivity index (χ4v) is 1.80. The van der Waals surface area contributed by atoms with Crippen molar-refractivity contribution in [2.45, 2.75) is 19.8 Å². The third-order valence-electron chi connectivity index (χ3n) is 2.90. The molecule has 0 unspecified atom stereocenters. The second kappa shape index (κ2) is 5.42. The van der Waals surface area contributed by atoms with E-state index in [-0.39, 0.29) is 0 Å². The van der Waals surface area contributed by atoms with Crippen LogP contribution in [0.25, 0.3) is 0 Å². The molecule has 0 aliphatic rings. The van der Waals surface area contributed by atoms with Crippen molar-refractivity contribution >= 4 is 11.4 Å². The number of anilines is 2. The first-order valence-corrected chi connectivity index (χ1v) is 6.12. The summed E-state index contributed by atoms with van der Waals surface area (Å²) in [6, 6.07) is 16.4. The molecule has 0 saturated carbocycles. The van der Waals surface area contributed by atoms with Gasteiger partial charge in [-0.1, -0.05) is 38.0 Å². The second-order valence-corrected chi connectivity index (χ2v) is 4.63. The standard InChI is InChI=1S/C17H17N/c1-4-14-6-5-7-17(12-14)18-16-10-8-15(9-11-16)13(2)3/h1,5-13,18H,2-3H3. The Balaban J connectivity index is 2.16. The molecule has 0 aliphatic heterocycles. The molecule has 2 aromatic carbocycles. The average molecular weight is 235 g/mol. The minimum atomic E-state index is 0.559. The Labute approximate surface area is 109 Å². The zero-order valence-electron chi connectivity index (χ0n) is 10.8. The molecule has 0 saturated heterocycles. The highest BCUT2D eigenvalue weighted by Gasteiger charge is 1.99. The summed E-state index contributed by atoms with van der Waals surface area (Å²) in [4.78, 5) is 0. The average Bonchev–Trinajstić information content (AvgIpc) is 2.39. The highest BCUT2D eigenvalue weighted by atomic mass is 14.9. The van der Waals surface area contributed by atoms with Crippen LogP contribution >= 0.6 is 0 Å². The fourth-order valence-electron chi connectivity index (χ4n) is 1.80. The maximum absolute atomic E-state index is 5.39. The molecule has 0 heterocycles. The quantitative estimate of drug-likeness (QED) is 0.770. The van der Waals surface area contributed by atoms with Gasteiger partial charge in [-0.25, -0.2) is 0 Å². The van der Waals surface area contributed by atoms with Gasteiger partial charge in [-0.15, -0.1) is 6.42 Å². The summed E-state index contributed by atoms with van der Waals surface area (Å²) in [5, 5.41) is 3.35. The molecule has 0 radical (unpaired) electrons. The Morgan fingerprint density at radius 1 is 1.00 bits per heavy atom. The van der Waals surface area contributed by atoms with Crippen LogP contribution in [0, 0.1) is 12.3 Å². The minimum absolute atomic E-state index is 0.559. The minimum Gasteiger partial charge on any atom is -0.355 e.